The van der Waals surface area contributed by atoms with Gasteiger partial charge in [-0.25, -0.2) is 17.8 Å². The highest BCUT2D eigenvalue weighted by molar-refractivity contribution is 7.92. The van der Waals surface area contributed by atoms with Crippen molar-refractivity contribution < 1.29 is 21.9 Å². The van der Waals surface area contributed by atoms with Crippen molar-refractivity contribution in [3.8, 4) is 0 Å². The van der Waals surface area contributed by atoms with Gasteiger partial charge in [0.25, 0.3) is 10.0 Å². The molecule has 3 rings (SSSR count). The molecule has 0 radical (unpaired) electrons. The van der Waals surface area contributed by atoms with Crippen molar-refractivity contribution in [3.63, 3.8) is 0 Å². The third-order valence-electron chi connectivity index (χ3n) is 5.30. The van der Waals surface area contributed by atoms with Crippen LogP contribution in [0, 0.1) is 18.7 Å². The van der Waals surface area contributed by atoms with Crippen LogP contribution in [0.1, 0.15) is 12.0 Å². The Bertz CT molecular complexity index is 1080. The predicted molar refractivity (Wildman–Crippen MR) is 116 cm³/mol. The summed E-state index contributed by atoms with van der Waals surface area (Å²) in [5.74, 6) is -2.18. The molecule has 7 nitrogen and oxygen atoms in total. The molecule has 1 N–H and O–H groups in total. The molecular formula is C20H25ClF2N4O3S. The van der Waals surface area contributed by atoms with E-state index >= 15 is 4.39 Å². The number of anilines is 2. The van der Waals surface area contributed by atoms with Crippen LogP contribution in [0.15, 0.2) is 29.2 Å². The summed E-state index contributed by atoms with van der Waals surface area (Å²) in [6.07, 6.45) is 0.795. The zero-order valence-electron chi connectivity index (χ0n) is 17.7. The molecule has 0 spiro atoms. The summed E-state index contributed by atoms with van der Waals surface area (Å²) in [5, 5.41) is -0.296. The van der Waals surface area contributed by atoms with Crippen LogP contribution >= 0.6 is 11.6 Å². The van der Waals surface area contributed by atoms with Crippen LogP contribution in [0.25, 0.3) is 0 Å². The zero-order valence-corrected chi connectivity index (χ0v) is 19.3. The number of halogens is 3. The Hall–Kier alpha value is -2.01. The number of nitrogens with zero attached hydrogens (tertiary/aromatic N) is 3. The SMILES string of the molecule is COC1(CCN(C)C)CN(c2cc(C)c(S(=O)(=O)Nc3cccc(F)n3)c(F)c2Cl)C1. The second-order valence-corrected chi connectivity index (χ2v) is 9.91. The van der Waals surface area contributed by atoms with Gasteiger partial charge in [-0.15, -0.1) is 0 Å². The molecule has 0 amide bonds. The molecule has 0 saturated carbocycles. The van der Waals surface area contributed by atoms with Crippen molar-refractivity contribution in [3.05, 3.63) is 46.6 Å². The van der Waals surface area contributed by atoms with Gasteiger partial charge in [0.2, 0.25) is 5.95 Å². The Balaban J connectivity index is 1.86. The molecule has 1 saturated heterocycles. The Labute approximate surface area is 186 Å². The van der Waals surface area contributed by atoms with Crippen molar-refractivity contribution in [1.82, 2.24) is 9.88 Å². The molecule has 1 aliphatic rings. The third-order valence-corrected chi connectivity index (χ3v) is 7.17. The van der Waals surface area contributed by atoms with Crippen LogP contribution in [0.2, 0.25) is 5.02 Å². The fourth-order valence-electron chi connectivity index (χ4n) is 3.57. The summed E-state index contributed by atoms with van der Waals surface area (Å²) in [6.45, 7) is 3.33. The minimum atomic E-state index is -4.38. The van der Waals surface area contributed by atoms with E-state index in [0.717, 1.165) is 19.0 Å². The van der Waals surface area contributed by atoms with Crippen molar-refractivity contribution in [2.75, 3.05) is 50.5 Å². The van der Waals surface area contributed by atoms with E-state index in [4.69, 9.17) is 16.3 Å². The average Bonchev–Trinajstić information content (AvgIpc) is 2.64. The molecule has 0 bridgehead atoms. The average molecular weight is 475 g/mol. The number of aromatic nitrogens is 1. The molecule has 2 aromatic rings. The van der Waals surface area contributed by atoms with E-state index in [9.17, 15) is 12.8 Å². The first kappa shape index (κ1) is 23.6. The molecule has 11 heteroatoms. The fourth-order valence-corrected chi connectivity index (χ4v) is 5.21. The van der Waals surface area contributed by atoms with Gasteiger partial charge >= 0.3 is 0 Å². The lowest BCUT2D eigenvalue weighted by Crippen LogP contribution is -2.64. The lowest BCUT2D eigenvalue weighted by atomic mass is 9.89. The smallest absolute Gasteiger partial charge is 0.266 e. The minimum absolute atomic E-state index is 0.170. The number of rotatable bonds is 8. The third kappa shape index (κ3) is 4.92. The van der Waals surface area contributed by atoms with E-state index in [-0.39, 0.29) is 22.0 Å². The summed E-state index contributed by atoms with van der Waals surface area (Å²) < 4.78 is 61.7. The first-order chi connectivity index (χ1) is 14.5. The first-order valence-electron chi connectivity index (χ1n) is 9.57. The van der Waals surface area contributed by atoms with Gasteiger partial charge < -0.3 is 14.5 Å². The summed E-state index contributed by atoms with van der Waals surface area (Å²) in [5.41, 5.74) is 0.203. The van der Waals surface area contributed by atoms with E-state index in [0.29, 0.717) is 18.8 Å². The van der Waals surface area contributed by atoms with E-state index in [1.165, 1.54) is 25.1 Å². The Kier molecular flexibility index (Phi) is 6.75. The summed E-state index contributed by atoms with van der Waals surface area (Å²) in [7, 11) is 1.21. The molecule has 0 atom stereocenters. The molecule has 1 aliphatic heterocycles. The maximum atomic E-state index is 15.1. The molecular weight excluding hydrogens is 450 g/mol. The van der Waals surface area contributed by atoms with Crippen molar-refractivity contribution in [2.45, 2.75) is 23.8 Å². The van der Waals surface area contributed by atoms with E-state index in [2.05, 4.69) is 14.6 Å². The van der Waals surface area contributed by atoms with Gasteiger partial charge in [-0.3, -0.25) is 4.72 Å². The first-order valence-corrected chi connectivity index (χ1v) is 11.4. The largest absolute Gasteiger partial charge is 0.374 e. The van der Waals surface area contributed by atoms with Gasteiger partial charge in [0.05, 0.1) is 5.69 Å². The van der Waals surface area contributed by atoms with Gasteiger partial charge in [0.15, 0.2) is 5.82 Å². The minimum Gasteiger partial charge on any atom is -0.374 e. The van der Waals surface area contributed by atoms with Crippen molar-refractivity contribution >= 4 is 33.1 Å². The van der Waals surface area contributed by atoms with Gasteiger partial charge in [0.1, 0.15) is 21.3 Å². The molecule has 1 fully saturated rings. The fraction of sp³-hybridized carbons (Fsp3) is 0.450. The zero-order chi connectivity index (χ0) is 23.0. The Morgan fingerprint density at radius 1 is 1.32 bits per heavy atom. The number of ether oxygens (including phenoxy) is 1. The Morgan fingerprint density at radius 3 is 2.58 bits per heavy atom. The van der Waals surface area contributed by atoms with Crippen LogP contribution in [-0.4, -0.2) is 64.7 Å². The van der Waals surface area contributed by atoms with Gasteiger partial charge in [-0.1, -0.05) is 17.7 Å². The highest BCUT2D eigenvalue weighted by Gasteiger charge is 2.44. The maximum absolute atomic E-state index is 15.1. The highest BCUT2D eigenvalue weighted by atomic mass is 35.5. The number of hydrogen-bond donors (Lipinski definition) is 1. The topological polar surface area (TPSA) is 74.8 Å². The number of hydrogen-bond acceptors (Lipinski definition) is 6. The van der Waals surface area contributed by atoms with Crippen LogP contribution in [0.4, 0.5) is 20.3 Å². The predicted octanol–water partition coefficient (Wildman–Crippen LogP) is 3.28. The Morgan fingerprint density at radius 2 is 2.00 bits per heavy atom. The summed E-state index contributed by atoms with van der Waals surface area (Å²) >= 11 is 6.24. The molecule has 1 aromatic heterocycles. The normalized spacial score (nSPS) is 15.8. The summed E-state index contributed by atoms with van der Waals surface area (Å²) in [6, 6.07) is 5.16. The number of sulfonamides is 1. The molecule has 0 unspecified atom stereocenters. The van der Waals surface area contributed by atoms with Crippen LogP contribution in [-0.2, 0) is 14.8 Å². The quantitative estimate of drug-likeness (QED) is 0.592. The standard InChI is InChI=1S/C20H25ClF2N4O3S/c1-13-10-14(27-11-20(12-27,30-4)8-9-26(2)3)17(21)18(23)19(13)31(28,29)25-16-7-5-6-15(22)24-16/h5-7,10H,8-9,11-12H2,1-4H3,(H,24,25). The molecule has 2 heterocycles. The van der Waals surface area contributed by atoms with Crippen LogP contribution < -0.4 is 9.62 Å². The maximum Gasteiger partial charge on any atom is 0.266 e. The highest BCUT2D eigenvalue weighted by Crippen LogP contribution is 2.40. The number of benzene rings is 1. The number of methoxy groups -OCH3 is 1. The van der Waals surface area contributed by atoms with Crippen molar-refractivity contribution in [2.24, 2.45) is 0 Å². The van der Waals surface area contributed by atoms with Crippen LogP contribution in [0.3, 0.4) is 0 Å². The molecule has 1 aromatic carbocycles. The lowest BCUT2D eigenvalue weighted by Gasteiger charge is -2.51. The monoisotopic (exact) mass is 474 g/mol. The molecule has 170 valence electrons. The van der Waals surface area contributed by atoms with E-state index in [1.54, 1.807) is 7.11 Å². The number of nitrogens with one attached hydrogen (secondary N) is 1. The van der Waals surface area contributed by atoms with E-state index in [1.807, 2.05) is 19.0 Å². The number of aryl methyl sites for hydroxylation is 1. The van der Waals surface area contributed by atoms with Gasteiger partial charge in [-0.2, -0.15) is 4.39 Å². The molecule has 0 aliphatic carbocycles. The number of pyridine rings is 1. The van der Waals surface area contributed by atoms with Crippen LogP contribution in [0.5, 0.6) is 0 Å². The second-order valence-electron chi connectivity index (χ2n) is 7.92. The van der Waals surface area contributed by atoms with Gasteiger partial charge in [-0.05, 0) is 51.2 Å². The van der Waals surface area contributed by atoms with Crippen molar-refractivity contribution in [1.29, 1.82) is 0 Å². The summed E-state index contributed by atoms with van der Waals surface area (Å²) in [4.78, 5) is 6.76. The van der Waals surface area contributed by atoms with Gasteiger partial charge in [0, 0.05) is 26.7 Å². The van der Waals surface area contributed by atoms with E-state index < -0.39 is 26.7 Å². The lowest BCUT2D eigenvalue weighted by molar-refractivity contribution is -0.0430. The second kappa shape index (κ2) is 8.85. The molecule has 31 heavy (non-hydrogen) atoms.